The minimum Gasteiger partial charge on any atom is -0.315 e. The van der Waals surface area contributed by atoms with Gasteiger partial charge in [-0.05, 0) is 59.1 Å². The van der Waals surface area contributed by atoms with Crippen molar-refractivity contribution in [1.82, 2.24) is 10.2 Å². The van der Waals surface area contributed by atoms with Crippen molar-refractivity contribution >= 4 is 15.9 Å². The average molecular weight is 299 g/mol. The van der Waals surface area contributed by atoms with E-state index in [0.29, 0.717) is 6.04 Å². The number of halogens is 1. The van der Waals surface area contributed by atoms with E-state index in [1.54, 1.807) is 0 Å². The van der Waals surface area contributed by atoms with Gasteiger partial charge in [0.2, 0.25) is 0 Å². The highest BCUT2D eigenvalue weighted by Crippen LogP contribution is 2.21. The molecule has 1 unspecified atom stereocenters. The van der Waals surface area contributed by atoms with Crippen molar-refractivity contribution in [2.45, 2.75) is 31.8 Å². The summed E-state index contributed by atoms with van der Waals surface area (Å²) in [6, 6.07) is 8.95. The lowest BCUT2D eigenvalue weighted by molar-refractivity contribution is 0.141. The van der Waals surface area contributed by atoms with Gasteiger partial charge in [0, 0.05) is 16.1 Å². The normalized spacial score (nSPS) is 14.1. The number of benzene rings is 1. The van der Waals surface area contributed by atoms with Crippen molar-refractivity contribution in [3.05, 3.63) is 34.3 Å². The second-order valence-electron chi connectivity index (χ2n) is 5.22. The summed E-state index contributed by atoms with van der Waals surface area (Å²) in [6.45, 7) is 4.54. The molecule has 17 heavy (non-hydrogen) atoms. The lowest BCUT2D eigenvalue weighted by atomic mass is 9.88. The third-order valence-corrected chi connectivity index (χ3v) is 4.18. The molecule has 0 saturated heterocycles. The lowest BCUT2D eigenvalue weighted by Gasteiger charge is -2.40. The molecule has 0 aromatic heterocycles. The molecule has 0 aliphatic heterocycles. The SMILES string of the molecule is CNC(Cc1cccc(Br)c1)C(C)(C)N(C)C. The van der Waals surface area contributed by atoms with E-state index in [2.05, 4.69) is 78.4 Å². The van der Waals surface area contributed by atoms with Gasteiger partial charge in [-0.3, -0.25) is 0 Å². The summed E-state index contributed by atoms with van der Waals surface area (Å²) >= 11 is 3.52. The second kappa shape index (κ2) is 5.98. The highest BCUT2D eigenvalue weighted by atomic mass is 79.9. The van der Waals surface area contributed by atoms with Crippen LogP contribution in [-0.2, 0) is 6.42 Å². The van der Waals surface area contributed by atoms with Crippen molar-refractivity contribution in [2.24, 2.45) is 0 Å². The summed E-state index contributed by atoms with van der Waals surface area (Å²) in [7, 11) is 6.30. The molecule has 96 valence electrons. The Morgan fingerprint density at radius 1 is 1.35 bits per heavy atom. The zero-order valence-corrected chi connectivity index (χ0v) is 13.0. The Labute approximate surface area is 114 Å². The van der Waals surface area contributed by atoms with Crippen LogP contribution in [0.25, 0.3) is 0 Å². The van der Waals surface area contributed by atoms with Gasteiger partial charge in [-0.25, -0.2) is 0 Å². The first-order valence-corrected chi connectivity index (χ1v) is 6.76. The largest absolute Gasteiger partial charge is 0.315 e. The van der Waals surface area contributed by atoms with Gasteiger partial charge in [-0.1, -0.05) is 28.1 Å². The Hall–Kier alpha value is -0.380. The van der Waals surface area contributed by atoms with Crippen molar-refractivity contribution < 1.29 is 0 Å². The van der Waals surface area contributed by atoms with Crippen LogP contribution in [0.15, 0.2) is 28.7 Å². The average Bonchev–Trinajstić information content (AvgIpc) is 2.25. The number of rotatable bonds is 5. The highest BCUT2D eigenvalue weighted by molar-refractivity contribution is 9.10. The number of hydrogen-bond acceptors (Lipinski definition) is 2. The molecular formula is C14H23BrN2. The number of likely N-dealkylation sites (N-methyl/N-ethyl adjacent to an activating group) is 2. The predicted molar refractivity (Wildman–Crippen MR) is 78.5 cm³/mol. The minimum absolute atomic E-state index is 0.122. The van der Waals surface area contributed by atoms with Crippen LogP contribution in [0.1, 0.15) is 19.4 Å². The molecule has 0 aliphatic rings. The Morgan fingerprint density at radius 2 is 2.00 bits per heavy atom. The number of nitrogens with one attached hydrogen (secondary N) is 1. The first-order valence-electron chi connectivity index (χ1n) is 5.97. The topological polar surface area (TPSA) is 15.3 Å². The van der Waals surface area contributed by atoms with Gasteiger partial charge >= 0.3 is 0 Å². The fourth-order valence-electron chi connectivity index (χ4n) is 1.92. The molecular weight excluding hydrogens is 276 g/mol. The van der Waals surface area contributed by atoms with E-state index in [-0.39, 0.29) is 5.54 Å². The first-order chi connectivity index (χ1) is 7.87. The molecule has 1 rings (SSSR count). The van der Waals surface area contributed by atoms with E-state index >= 15 is 0 Å². The van der Waals surface area contributed by atoms with Crippen LogP contribution in [0.4, 0.5) is 0 Å². The highest BCUT2D eigenvalue weighted by Gasteiger charge is 2.30. The minimum atomic E-state index is 0.122. The van der Waals surface area contributed by atoms with Crippen molar-refractivity contribution in [1.29, 1.82) is 0 Å². The van der Waals surface area contributed by atoms with Gasteiger partial charge in [0.15, 0.2) is 0 Å². The van der Waals surface area contributed by atoms with Gasteiger partial charge in [0.25, 0.3) is 0 Å². The van der Waals surface area contributed by atoms with Gasteiger partial charge in [0.05, 0.1) is 0 Å². The number of hydrogen-bond donors (Lipinski definition) is 1. The van der Waals surface area contributed by atoms with E-state index in [1.165, 1.54) is 5.56 Å². The molecule has 0 bridgehead atoms. The van der Waals surface area contributed by atoms with Crippen LogP contribution < -0.4 is 5.32 Å². The molecule has 1 atom stereocenters. The van der Waals surface area contributed by atoms with Crippen LogP contribution in [-0.4, -0.2) is 37.6 Å². The van der Waals surface area contributed by atoms with Crippen LogP contribution in [0, 0.1) is 0 Å². The van der Waals surface area contributed by atoms with Crippen molar-refractivity contribution in [3.8, 4) is 0 Å². The van der Waals surface area contributed by atoms with Crippen molar-refractivity contribution in [2.75, 3.05) is 21.1 Å². The Bertz CT molecular complexity index is 361. The van der Waals surface area contributed by atoms with Crippen LogP contribution in [0.2, 0.25) is 0 Å². The zero-order valence-electron chi connectivity index (χ0n) is 11.4. The van der Waals surface area contributed by atoms with Crippen LogP contribution >= 0.6 is 15.9 Å². The van der Waals surface area contributed by atoms with Gasteiger partial charge in [0.1, 0.15) is 0 Å². The van der Waals surface area contributed by atoms with E-state index in [4.69, 9.17) is 0 Å². The maximum Gasteiger partial charge on any atom is 0.0303 e. The molecule has 1 aromatic carbocycles. The summed E-state index contributed by atoms with van der Waals surface area (Å²) in [5.74, 6) is 0. The summed E-state index contributed by atoms with van der Waals surface area (Å²) in [6.07, 6.45) is 1.03. The summed E-state index contributed by atoms with van der Waals surface area (Å²) in [4.78, 5) is 2.27. The molecule has 3 heteroatoms. The third-order valence-electron chi connectivity index (χ3n) is 3.68. The monoisotopic (exact) mass is 298 g/mol. The Morgan fingerprint density at radius 3 is 2.47 bits per heavy atom. The molecule has 0 spiro atoms. The molecule has 0 heterocycles. The zero-order chi connectivity index (χ0) is 13.1. The molecule has 1 aromatic rings. The molecule has 1 N–H and O–H groups in total. The maximum atomic E-state index is 3.52. The maximum absolute atomic E-state index is 3.52. The van der Waals surface area contributed by atoms with Gasteiger partial charge in [-0.2, -0.15) is 0 Å². The molecule has 0 amide bonds. The summed E-state index contributed by atoms with van der Waals surface area (Å²) in [5, 5.41) is 3.43. The Kier molecular flexibility index (Phi) is 5.17. The molecule has 0 radical (unpaired) electrons. The van der Waals surface area contributed by atoms with E-state index in [1.807, 2.05) is 7.05 Å². The van der Waals surface area contributed by atoms with Crippen LogP contribution in [0.3, 0.4) is 0 Å². The quantitative estimate of drug-likeness (QED) is 0.899. The molecule has 0 saturated carbocycles. The van der Waals surface area contributed by atoms with Crippen molar-refractivity contribution in [3.63, 3.8) is 0 Å². The summed E-state index contributed by atoms with van der Waals surface area (Å²) < 4.78 is 1.15. The third kappa shape index (κ3) is 3.80. The second-order valence-corrected chi connectivity index (χ2v) is 6.14. The van der Waals surface area contributed by atoms with Crippen LogP contribution in [0.5, 0.6) is 0 Å². The molecule has 0 fully saturated rings. The van der Waals surface area contributed by atoms with E-state index < -0.39 is 0 Å². The fraction of sp³-hybridized carbons (Fsp3) is 0.571. The van der Waals surface area contributed by atoms with Gasteiger partial charge < -0.3 is 10.2 Å². The lowest BCUT2D eigenvalue weighted by Crippen LogP contribution is -2.55. The number of nitrogens with zero attached hydrogens (tertiary/aromatic N) is 1. The fourth-order valence-corrected chi connectivity index (χ4v) is 2.36. The summed E-state index contributed by atoms with van der Waals surface area (Å²) in [5.41, 5.74) is 1.48. The first kappa shape index (κ1) is 14.7. The predicted octanol–water partition coefficient (Wildman–Crippen LogP) is 2.92. The molecule has 0 aliphatic carbocycles. The molecule has 2 nitrogen and oxygen atoms in total. The standard InChI is InChI=1S/C14H23BrN2/c1-14(2,17(4)5)13(16-3)10-11-7-6-8-12(15)9-11/h6-9,13,16H,10H2,1-5H3. The van der Waals surface area contributed by atoms with Gasteiger partial charge in [-0.15, -0.1) is 0 Å². The Balaban J connectivity index is 2.84. The van der Waals surface area contributed by atoms with E-state index in [9.17, 15) is 0 Å². The smallest absolute Gasteiger partial charge is 0.0303 e. The van der Waals surface area contributed by atoms with E-state index in [0.717, 1.165) is 10.9 Å².